The van der Waals surface area contributed by atoms with Crippen molar-refractivity contribution in [1.29, 1.82) is 0 Å². The lowest BCUT2D eigenvalue weighted by atomic mass is 10.2. The lowest BCUT2D eigenvalue weighted by Crippen LogP contribution is -2.39. The molecule has 1 rings (SSSR count). The van der Waals surface area contributed by atoms with E-state index in [2.05, 4.69) is 21.2 Å². The summed E-state index contributed by atoms with van der Waals surface area (Å²) >= 11 is 3.34. The first-order valence-corrected chi connectivity index (χ1v) is 5.99. The van der Waals surface area contributed by atoms with Crippen molar-refractivity contribution in [2.45, 2.75) is 13.0 Å². The van der Waals surface area contributed by atoms with E-state index in [0.717, 1.165) is 11.0 Å². The third-order valence-corrected chi connectivity index (χ3v) is 2.65. The predicted octanol–water partition coefficient (Wildman–Crippen LogP) is 2.13. The smallest absolute Gasteiger partial charge is 0.251 e. The second-order valence-corrected chi connectivity index (χ2v) is 5.06. The Morgan fingerprint density at radius 2 is 1.94 bits per heavy atom. The molecule has 1 atom stereocenters. The number of carbonyl (C=O) groups is 1. The highest BCUT2D eigenvalue weighted by Crippen LogP contribution is 2.10. The maximum absolute atomic E-state index is 11.8. The highest BCUT2D eigenvalue weighted by atomic mass is 79.9. The van der Waals surface area contributed by atoms with Crippen LogP contribution in [0.4, 0.5) is 0 Å². The van der Waals surface area contributed by atoms with Crippen LogP contribution >= 0.6 is 15.9 Å². The van der Waals surface area contributed by atoms with Gasteiger partial charge < -0.3 is 10.2 Å². The molecule has 0 saturated carbocycles. The Morgan fingerprint density at radius 1 is 1.38 bits per heavy atom. The summed E-state index contributed by atoms with van der Waals surface area (Å²) in [6.07, 6.45) is 0. The fourth-order valence-corrected chi connectivity index (χ4v) is 1.77. The molecule has 1 aromatic rings. The van der Waals surface area contributed by atoms with Crippen LogP contribution in [0.2, 0.25) is 0 Å². The summed E-state index contributed by atoms with van der Waals surface area (Å²) in [5.41, 5.74) is 0.689. The summed E-state index contributed by atoms with van der Waals surface area (Å²) in [6.45, 7) is 2.83. The van der Waals surface area contributed by atoms with Crippen LogP contribution in [0.15, 0.2) is 28.7 Å². The van der Waals surface area contributed by atoms with Gasteiger partial charge in [-0.05, 0) is 45.3 Å². The number of carbonyl (C=O) groups excluding carboxylic acids is 1. The van der Waals surface area contributed by atoms with Gasteiger partial charge in [0.25, 0.3) is 5.91 Å². The fourth-order valence-electron chi connectivity index (χ4n) is 1.50. The minimum Gasteiger partial charge on any atom is -0.348 e. The summed E-state index contributed by atoms with van der Waals surface area (Å²) in [6, 6.07) is 7.49. The van der Waals surface area contributed by atoms with Gasteiger partial charge in [-0.1, -0.05) is 15.9 Å². The van der Waals surface area contributed by atoms with Crippen LogP contribution < -0.4 is 5.32 Å². The van der Waals surface area contributed by atoms with Crippen molar-refractivity contribution in [2.24, 2.45) is 0 Å². The molecule has 0 aromatic heterocycles. The van der Waals surface area contributed by atoms with Crippen LogP contribution in [0.1, 0.15) is 17.3 Å². The van der Waals surface area contributed by atoms with E-state index in [9.17, 15) is 4.79 Å². The number of rotatable bonds is 4. The number of likely N-dealkylation sites (N-methyl/N-ethyl adjacent to an activating group) is 1. The van der Waals surface area contributed by atoms with E-state index in [1.165, 1.54) is 0 Å². The van der Waals surface area contributed by atoms with E-state index in [0.29, 0.717) is 5.56 Å². The Hall–Kier alpha value is -0.870. The molecular weight excluding hydrogens is 268 g/mol. The number of benzene rings is 1. The fraction of sp³-hybridized carbons (Fsp3) is 0.417. The van der Waals surface area contributed by atoms with Gasteiger partial charge in [-0.3, -0.25) is 4.79 Å². The third kappa shape index (κ3) is 4.33. The average molecular weight is 285 g/mol. The first-order valence-electron chi connectivity index (χ1n) is 5.20. The highest BCUT2D eigenvalue weighted by molar-refractivity contribution is 9.10. The molecule has 4 heteroatoms. The second kappa shape index (κ2) is 6.01. The van der Waals surface area contributed by atoms with Crippen LogP contribution in [0.3, 0.4) is 0 Å². The van der Waals surface area contributed by atoms with Crippen LogP contribution in [0, 0.1) is 0 Å². The number of halogens is 1. The molecule has 0 heterocycles. The standard InChI is InChI=1S/C12H17BrN2O/c1-9(8-15(2)3)14-12(16)10-4-6-11(13)7-5-10/h4-7,9H,8H2,1-3H3,(H,14,16). The summed E-state index contributed by atoms with van der Waals surface area (Å²) < 4.78 is 0.977. The highest BCUT2D eigenvalue weighted by Gasteiger charge is 2.09. The molecule has 1 N–H and O–H groups in total. The maximum atomic E-state index is 11.8. The Morgan fingerprint density at radius 3 is 2.44 bits per heavy atom. The van der Waals surface area contributed by atoms with Crippen LogP contribution in [0.25, 0.3) is 0 Å². The van der Waals surface area contributed by atoms with Crippen molar-refractivity contribution in [3.63, 3.8) is 0 Å². The number of nitrogens with zero attached hydrogens (tertiary/aromatic N) is 1. The summed E-state index contributed by atoms with van der Waals surface area (Å²) in [5.74, 6) is -0.0261. The number of hydrogen-bond acceptors (Lipinski definition) is 2. The van der Waals surface area contributed by atoms with Crippen molar-refractivity contribution >= 4 is 21.8 Å². The molecule has 16 heavy (non-hydrogen) atoms. The summed E-state index contributed by atoms with van der Waals surface area (Å²) in [7, 11) is 3.98. The molecule has 0 radical (unpaired) electrons. The number of nitrogens with one attached hydrogen (secondary N) is 1. The zero-order valence-corrected chi connectivity index (χ0v) is 11.4. The average Bonchev–Trinajstić information content (AvgIpc) is 2.16. The van der Waals surface area contributed by atoms with Gasteiger partial charge in [-0.15, -0.1) is 0 Å². The number of hydrogen-bond donors (Lipinski definition) is 1. The van der Waals surface area contributed by atoms with Gasteiger partial charge >= 0.3 is 0 Å². The van der Waals surface area contributed by atoms with E-state index in [-0.39, 0.29) is 11.9 Å². The predicted molar refractivity (Wildman–Crippen MR) is 69.6 cm³/mol. The van der Waals surface area contributed by atoms with Crippen LogP contribution in [-0.2, 0) is 0 Å². The van der Waals surface area contributed by atoms with E-state index in [4.69, 9.17) is 0 Å². The van der Waals surface area contributed by atoms with Crippen molar-refractivity contribution in [3.8, 4) is 0 Å². The van der Waals surface area contributed by atoms with E-state index >= 15 is 0 Å². The SMILES string of the molecule is CC(CN(C)C)NC(=O)c1ccc(Br)cc1. The van der Waals surface area contributed by atoms with E-state index in [1.54, 1.807) is 0 Å². The van der Waals surface area contributed by atoms with E-state index < -0.39 is 0 Å². The van der Waals surface area contributed by atoms with Gasteiger partial charge in [-0.25, -0.2) is 0 Å². The van der Waals surface area contributed by atoms with Crippen molar-refractivity contribution in [3.05, 3.63) is 34.3 Å². The Labute approximate surface area is 105 Å². The van der Waals surface area contributed by atoms with Crippen LogP contribution in [0.5, 0.6) is 0 Å². The second-order valence-electron chi connectivity index (χ2n) is 4.14. The Kier molecular flexibility index (Phi) is 4.96. The van der Waals surface area contributed by atoms with Crippen molar-refractivity contribution < 1.29 is 4.79 Å². The van der Waals surface area contributed by atoms with E-state index in [1.807, 2.05) is 50.2 Å². The molecule has 0 saturated heterocycles. The first-order chi connectivity index (χ1) is 7.49. The van der Waals surface area contributed by atoms with Crippen molar-refractivity contribution in [2.75, 3.05) is 20.6 Å². The van der Waals surface area contributed by atoms with Gasteiger partial charge in [0.2, 0.25) is 0 Å². The minimum absolute atomic E-state index is 0.0261. The number of amides is 1. The zero-order chi connectivity index (χ0) is 12.1. The summed E-state index contributed by atoms with van der Waals surface area (Å²) in [4.78, 5) is 13.9. The monoisotopic (exact) mass is 284 g/mol. The van der Waals surface area contributed by atoms with Crippen molar-refractivity contribution in [1.82, 2.24) is 10.2 Å². The lowest BCUT2D eigenvalue weighted by molar-refractivity contribution is 0.0934. The Balaban J connectivity index is 2.55. The lowest BCUT2D eigenvalue weighted by Gasteiger charge is -2.18. The molecule has 0 aliphatic rings. The molecule has 0 bridgehead atoms. The molecule has 88 valence electrons. The molecule has 0 spiro atoms. The molecular formula is C12H17BrN2O. The zero-order valence-electron chi connectivity index (χ0n) is 9.83. The molecule has 0 aliphatic carbocycles. The quantitative estimate of drug-likeness (QED) is 0.919. The summed E-state index contributed by atoms with van der Waals surface area (Å²) in [5, 5.41) is 2.95. The van der Waals surface area contributed by atoms with Gasteiger partial charge in [0, 0.05) is 22.6 Å². The molecule has 1 amide bonds. The molecule has 0 fully saturated rings. The van der Waals surface area contributed by atoms with Gasteiger partial charge in [-0.2, -0.15) is 0 Å². The first kappa shape index (κ1) is 13.2. The van der Waals surface area contributed by atoms with Crippen LogP contribution in [-0.4, -0.2) is 37.5 Å². The topological polar surface area (TPSA) is 32.3 Å². The molecule has 1 unspecified atom stereocenters. The van der Waals surface area contributed by atoms with Gasteiger partial charge in [0.15, 0.2) is 0 Å². The molecule has 3 nitrogen and oxygen atoms in total. The third-order valence-electron chi connectivity index (χ3n) is 2.12. The largest absolute Gasteiger partial charge is 0.348 e. The molecule has 1 aromatic carbocycles. The maximum Gasteiger partial charge on any atom is 0.251 e. The minimum atomic E-state index is -0.0261. The Bertz CT molecular complexity index is 349. The normalized spacial score (nSPS) is 12.6. The van der Waals surface area contributed by atoms with Gasteiger partial charge in [0.05, 0.1) is 0 Å². The van der Waals surface area contributed by atoms with Gasteiger partial charge in [0.1, 0.15) is 0 Å². The molecule has 0 aliphatic heterocycles.